The average molecular weight is 413 g/mol. The number of nitrogens with one attached hydrogen (secondary N) is 2. The molecule has 0 aliphatic carbocycles. The minimum atomic E-state index is -0.754. The molecule has 2 N–H and O–H groups in total. The Kier molecular flexibility index (Phi) is 7.19. The van der Waals surface area contributed by atoms with Gasteiger partial charge in [0.25, 0.3) is 0 Å². The highest BCUT2D eigenvalue weighted by molar-refractivity contribution is 7.98. The van der Waals surface area contributed by atoms with Crippen molar-refractivity contribution in [3.63, 3.8) is 0 Å². The SMILES string of the molecule is C=C1NC(=O)N[C@@H](c2ccccc2OCc2ccccc2)[C@@H]1C(=O)OCCSC. The van der Waals surface area contributed by atoms with Crippen LogP contribution >= 0.6 is 11.8 Å². The number of esters is 1. The third-order valence-electron chi connectivity index (χ3n) is 4.55. The Morgan fingerprint density at radius 3 is 2.62 bits per heavy atom. The second kappa shape index (κ2) is 10.0. The van der Waals surface area contributed by atoms with Crippen molar-refractivity contribution in [3.8, 4) is 5.75 Å². The van der Waals surface area contributed by atoms with E-state index in [-0.39, 0.29) is 0 Å². The summed E-state index contributed by atoms with van der Waals surface area (Å²) in [5.41, 5.74) is 2.03. The summed E-state index contributed by atoms with van der Waals surface area (Å²) in [5, 5.41) is 5.41. The number of amides is 2. The maximum Gasteiger partial charge on any atom is 0.319 e. The molecule has 0 spiro atoms. The van der Waals surface area contributed by atoms with Gasteiger partial charge >= 0.3 is 12.0 Å². The molecule has 2 atom stereocenters. The summed E-state index contributed by atoms with van der Waals surface area (Å²) in [4.78, 5) is 24.8. The molecule has 0 aromatic heterocycles. The molecule has 2 aromatic rings. The number of carbonyl (C=O) groups excluding carboxylic acids is 2. The van der Waals surface area contributed by atoms with Gasteiger partial charge < -0.3 is 20.1 Å². The number of carbonyl (C=O) groups is 2. The van der Waals surface area contributed by atoms with Crippen LogP contribution in [0.4, 0.5) is 4.79 Å². The van der Waals surface area contributed by atoms with E-state index in [1.165, 1.54) is 0 Å². The van der Waals surface area contributed by atoms with E-state index in [0.29, 0.717) is 36.0 Å². The van der Waals surface area contributed by atoms with Crippen molar-refractivity contribution >= 4 is 23.8 Å². The van der Waals surface area contributed by atoms with Crippen LogP contribution in [0, 0.1) is 5.92 Å². The van der Waals surface area contributed by atoms with Gasteiger partial charge in [-0.2, -0.15) is 11.8 Å². The van der Waals surface area contributed by atoms with E-state index < -0.39 is 24.0 Å². The molecule has 0 unspecified atom stereocenters. The van der Waals surface area contributed by atoms with Crippen LogP contribution < -0.4 is 15.4 Å². The first-order chi connectivity index (χ1) is 14.1. The van der Waals surface area contributed by atoms with E-state index in [1.807, 2.05) is 60.9 Å². The summed E-state index contributed by atoms with van der Waals surface area (Å²) in [7, 11) is 0. The maximum absolute atomic E-state index is 12.7. The van der Waals surface area contributed by atoms with Crippen molar-refractivity contribution in [1.29, 1.82) is 0 Å². The summed E-state index contributed by atoms with van der Waals surface area (Å²) >= 11 is 1.59. The van der Waals surface area contributed by atoms with Gasteiger partial charge in [0.05, 0.1) is 6.04 Å². The summed E-state index contributed by atoms with van der Waals surface area (Å²) in [6.07, 6.45) is 1.94. The minimum Gasteiger partial charge on any atom is -0.489 e. The van der Waals surface area contributed by atoms with Gasteiger partial charge in [-0.15, -0.1) is 0 Å². The summed E-state index contributed by atoms with van der Waals surface area (Å²) in [5.74, 6) is 0.111. The smallest absolute Gasteiger partial charge is 0.319 e. The number of urea groups is 1. The Balaban J connectivity index is 1.84. The van der Waals surface area contributed by atoms with Crippen molar-refractivity contribution in [2.45, 2.75) is 12.6 Å². The lowest BCUT2D eigenvalue weighted by Gasteiger charge is -2.34. The van der Waals surface area contributed by atoms with Crippen molar-refractivity contribution < 1.29 is 19.1 Å². The molecular formula is C22H24N2O4S. The van der Waals surface area contributed by atoms with Gasteiger partial charge in [-0.1, -0.05) is 55.1 Å². The Morgan fingerprint density at radius 1 is 1.14 bits per heavy atom. The normalized spacial score (nSPS) is 18.5. The fourth-order valence-corrected chi connectivity index (χ4v) is 3.39. The Morgan fingerprint density at radius 2 is 1.86 bits per heavy atom. The van der Waals surface area contributed by atoms with Gasteiger partial charge in [0, 0.05) is 17.0 Å². The zero-order valence-electron chi connectivity index (χ0n) is 16.2. The van der Waals surface area contributed by atoms with Gasteiger partial charge in [0.1, 0.15) is 24.9 Å². The molecule has 1 heterocycles. The van der Waals surface area contributed by atoms with Gasteiger partial charge in [-0.25, -0.2) is 4.79 Å². The highest BCUT2D eigenvalue weighted by Crippen LogP contribution is 2.35. The zero-order chi connectivity index (χ0) is 20.6. The lowest BCUT2D eigenvalue weighted by molar-refractivity contribution is -0.147. The van der Waals surface area contributed by atoms with Crippen LogP contribution in [0.3, 0.4) is 0 Å². The maximum atomic E-state index is 12.7. The standard InChI is InChI=1S/C22H24N2O4S/c1-15-19(21(25)27-12-13-29-2)20(24-22(26)23-15)17-10-6-7-11-18(17)28-14-16-8-4-3-5-9-16/h3-11,19-20H,1,12-14H2,2H3,(H2,23,24,26)/t19-,20+/m1/s1. The van der Waals surface area contributed by atoms with Crippen LogP contribution in [-0.2, 0) is 16.1 Å². The van der Waals surface area contributed by atoms with Crippen molar-refractivity contribution in [2.75, 3.05) is 18.6 Å². The highest BCUT2D eigenvalue weighted by atomic mass is 32.2. The number of thioether (sulfide) groups is 1. The van der Waals surface area contributed by atoms with Gasteiger partial charge in [-0.3, -0.25) is 4.79 Å². The van der Waals surface area contributed by atoms with Crippen molar-refractivity contribution in [2.24, 2.45) is 5.92 Å². The first-order valence-electron chi connectivity index (χ1n) is 9.27. The topological polar surface area (TPSA) is 76.7 Å². The highest BCUT2D eigenvalue weighted by Gasteiger charge is 2.40. The van der Waals surface area contributed by atoms with Crippen LogP contribution in [0.15, 0.2) is 66.9 Å². The van der Waals surface area contributed by atoms with Crippen molar-refractivity contribution in [3.05, 3.63) is 78.0 Å². The summed E-state index contributed by atoms with van der Waals surface area (Å²) in [6.45, 7) is 4.55. The quantitative estimate of drug-likeness (QED) is 0.511. The largest absolute Gasteiger partial charge is 0.489 e. The fourth-order valence-electron chi connectivity index (χ4n) is 3.14. The first-order valence-corrected chi connectivity index (χ1v) is 10.7. The average Bonchev–Trinajstić information content (AvgIpc) is 2.72. The summed E-state index contributed by atoms with van der Waals surface area (Å²) < 4.78 is 11.4. The van der Waals surface area contributed by atoms with Crippen molar-refractivity contribution in [1.82, 2.24) is 10.6 Å². The Labute approximate surface area is 174 Å². The summed E-state index contributed by atoms with van der Waals surface area (Å²) in [6, 6.07) is 16.1. The van der Waals surface area contributed by atoms with Crippen LogP contribution in [0.25, 0.3) is 0 Å². The number of hydrogen-bond donors (Lipinski definition) is 2. The predicted octanol–water partition coefficient (Wildman–Crippen LogP) is 3.66. The van der Waals surface area contributed by atoms with E-state index in [0.717, 1.165) is 5.56 Å². The zero-order valence-corrected chi connectivity index (χ0v) is 17.0. The lowest BCUT2D eigenvalue weighted by atomic mass is 9.88. The molecule has 0 radical (unpaired) electrons. The van der Waals surface area contributed by atoms with E-state index in [1.54, 1.807) is 11.8 Å². The molecule has 29 heavy (non-hydrogen) atoms. The lowest BCUT2D eigenvalue weighted by Crippen LogP contribution is -2.51. The number of rotatable bonds is 8. The molecule has 152 valence electrons. The third kappa shape index (κ3) is 5.32. The molecular weight excluding hydrogens is 388 g/mol. The third-order valence-corrected chi connectivity index (χ3v) is 5.12. The molecule has 1 saturated heterocycles. The molecule has 1 aliphatic heterocycles. The second-order valence-corrected chi connectivity index (χ2v) is 7.54. The fraction of sp³-hybridized carbons (Fsp3) is 0.273. The molecule has 2 aromatic carbocycles. The van der Waals surface area contributed by atoms with Gasteiger partial charge in [0.15, 0.2) is 0 Å². The predicted molar refractivity (Wildman–Crippen MR) is 114 cm³/mol. The van der Waals surface area contributed by atoms with Crippen LogP contribution in [0.2, 0.25) is 0 Å². The number of para-hydroxylation sites is 1. The van der Waals surface area contributed by atoms with E-state index in [2.05, 4.69) is 17.2 Å². The van der Waals surface area contributed by atoms with Crippen LogP contribution in [-0.4, -0.2) is 30.6 Å². The Bertz CT molecular complexity index is 872. The monoisotopic (exact) mass is 412 g/mol. The van der Waals surface area contributed by atoms with Crippen LogP contribution in [0.1, 0.15) is 17.2 Å². The van der Waals surface area contributed by atoms with Gasteiger partial charge in [0.2, 0.25) is 0 Å². The van der Waals surface area contributed by atoms with E-state index >= 15 is 0 Å². The molecule has 6 nitrogen and oxygen atoms in total. The molecule has 0 saturated carbocycles. The van der Waals surface area contributed by atoms with Gasteiger partial charge in [-0.05, 0) is 17.9 Å². The van der Waals surface area contributed by atoms with E-state index in [4.69, 9.17) is 9.47 Å². The number of ether oxygens (including phenoxy) is 2. The molecule has 7 heteroatoms. The molecule has 1 aliphatic rings. The second-order valence-electron chi connectivity index (χ2n) is 6.55. The molecule has 3 rings (SSSR count). The van der Waals surface area contributed by atoms with Crippen LogP contribution in [0.5, 0.6) is 5.75 Å². The molecule has 1 fully saturated rings. The van der Waals surface area contributed by atoms with E-state index in [9.17, 15) is 9.59 Å². The first kappa shape index (κ1) is 20.8. The number of benzene rings is 2. The minimum absolute atomic E-state index is 0.302. The Hall–Kier alpha value is -2.93. The molecule has 0 bridgehead atoms. The number of hydrogen-bond acceptors (Lipinski definition) is 5. The molecule has 2 amide bonds.